The van der Waals surface area contributed by atoms with E-state index in [1.54, 1.807) is 0 Å². The van der Waals surface area contributed by atoms with E-state index in [0.29, 0.717) is 13.0 Å². The number of carbonyl (C=O) groups excluding carboxylic acids is 1. The number of hydrogen-bond acceptors (Lipinski definition) is 3. The summed E-state index contributed by atoms with van der Waals surface area (Å²) in [5, 5.41) is 9.29. The van der Waals surface area contributed by atoms with Gasteiger partial charge in [-0.15, -0.1) is 0 Å². The van der Waals surface area contributed by atoms with Gasteiger partial charge in [-0.1, -0.05) is 116 Å². The SMILES string of the molecule is CC/C=C/CCCCCCCCCCCCCCCCCC(CC(=O)OCCC)C(=O)O. The van der Waals surface area contributed by atoms with Crippen molar-refractivity contribution in [3.8, 4) is 0 Å². The van der Waals surface area contributed by atoms with Crippen molar-refractivity contribution in [3.63, 3.8) is 0 Å². The highest BCUT2D eigenvalue weighted by Crippen LogP contribution is 2.18. The number of ether oxygens (including phenoxy) is 1. The van der Waals surface area contributed by atoms with Gasteiger partial charge in [-0.05, 0) is 32.1 Å². The molecule has 0 bridgehead atoms. The second kappa shape index (κ2) is 24.3. The summed E-state index contributed by atoms with van der Waals surface area (Å²) in [5.74, 6) is -1.85. The number of carboxylic acid groups (broad SMARTS) is 1. The van der Waals surface area contributed by atoms with E-state index in [4.69, 9.17) is 4.74 Å². The topological polar surface area (TPSA) is 63.6 Å². The Kier molecular flexibility index (Phi) is 23.3. The van der Waals surface area contributed by atoms with E-state index in [-0.39, 0.29) is 12.4 Å². The van der Waals surface area contributed by atoms with Crippen molar-refractivity contribution < 1.29 is 19.4 Å². The molecule has 0 amide bonds. The normalized spacial score (nSPS) is 12.3. The van der Waals surface area contributed by atoms with Gasteiger partial charge in [0.05, 0.1) is 18.9 Å². The lowest BCUT2D eigenvalue weighted by molar-refractivity contribution is -0.151. The summed E-state index contributed by atoms with van der Waals surface area (Å²) in [6.45, 7) is 4.50. The van der Waals surface area contributed by atoms with Gasteiger partial charge >= 0.3 is 11.9 Å². The van der Waals surface area contributed by atoms with Gasteiger partial charge in [0.15, 0.2) is 0 Å². The molecule has 0 saturated heterocycles. The lowest BCUT2D eigenvalue weighted by Gasteiger charge is -2.11. The fourth-order valence-corrected chi connectivity index (χ4v) is 4.02. The molecule has 0 fully saturated rings. The number of esters is 1. The van der Waals surface area contributed by atoms with E-state index in [9.17, 15) is 14.7 Å². The van der Waals surface area contributed by atoms with Crippen molar-refractivity contribution in [2.24, 2.45) is 5.92 Å². The second-order valence-electron chi connectivity index (χ2n) is 9.22. The standard InChI is InChI=1S/C28H52O4/c1-3-5-6-7-8-9-10-11-12-13-14-15-16-17-18-19-20-21-22-23-26(28(30)31)25-27(29)32-24-4-2/h5-6,26H,3-4,7-25H2,1-2H3,(H,30,31)/b6-5+. The second-order valence-corrected chi connectivity index (χ2v) is 9.22. The average Bonchev–Trinajstić information content (AvgIpc) is 2.78. The predicted molar refractivity (Wildman–Crippen MR) is 135 cm³/mol. The Morgan fingerprint density at radius 3 is 1.62 bits per heavy atom. The first-order valence-electron chi connectivity index (χ1n) is 13.6. The van der Waals surface area contributed by atoms with Crippen LogP contribution in [0.1, 0.15) is 142 Å². The van der Waals surface area contributed by atoms with Crippen LogP contribution >= 0.6 is 0 Å². The Morgan fingerprint density at radius 1 is 0.719 bits per heavy atom. The molecule has 0 spiro atoms. The summed E-state index contributed by atoms with van der Waals surface area (Å²) in [4.78, 5) is 23.0. The van der Waals surface area contributed by atoms with E-state index in [1.165, 1.54) is 89.9 Å². The molecular formula is C28H52O4. The molecule has 0 aromatic rings. The van der Waals surface area contributed by atoms with Gasteiger partial charge < -0.3 is 9.84 Å². The molecule has 1 N–H and O–H groups in total. The molecule has 0 saturated carbocycles. The van der Waals surface area contributed by atoms with E-state index in [2.05, 4.69) is 19.1 Å². The number of carboxylic acids is 1. The van der Waals surface area contributed by atoms with Crippen LogP contribution < -0.4 is 0 Å². The zero-order chi connectivity index (χ0) is 23.7. The highest BCUT2D eigenvalue weighted by atomic mass is 16.5. The molecule has 0 rings (SSSR count). The first-order chi connectivity index (χ1) is 15.6. The fraction of sp³-hybridized carbons (Fsp3) is 0.857. The molecular weight excluding hydrogens is 400 g/mol. The monoisotopic (exact) mass is 452 g/mol. The number of aliphatic carboxylic acids is 1. The summed E-state index contributed by atoms with van der Waals surface area (Å²) in [7, 11) is 0. The molecule has 0 aromatic carbocycles. The Hall–Kier alpha value is -1.32. The van der Waals surface area contributed by atoms with Crippen LogP contribution in [0.4, 0.5) is 0 Å². The quantitative estimate of drug-likeness (QED) is 0.0904. The molecule has 0 radical (unpaired) electrons. The van der Waals surface area contributed by atoms with Crippen molar-refractivity contribution in [1.29, 1.82) is 0 Å². The lowest BCUT2D eigenvalue weighted by Crippen LogP contribution is -2.19. The Labute approximate surface area is 198 Å². The molecule has 188 valence electrons. The highest BCUT2D eigenvalue weighted by molar-refractivity contribution is 5.78. The van der Waals surface area contributed by atoms with Crippen molar-refractivity contribution in [3.05, 3.63) is 12.2 Å². The summed E-state index contributed by atoms with van der Waals surface area (Å²) >= 11 is 0. The molecule has 1 unspecified atom stereocenters. The predicted octanol–water partition coefficient (Wildman–Crippen LogP) is 8.63. The van der Waals surface area contributed by atoms with Crippen LogP contribution in [0.2, 0.25) is 0 Å². The zero-order valence-corrected chi connectivity index (χ0v) is 21.3. The fourth-order valence-electron chi connectivity index (χ4n) is 4.02. The van der Waals surface area contributed by atoms with Gasteiger partial charge in [-0.2, -0.15) is 0 Å². The van der Waals surface area contributed by atoms with Crippen molar-refractivity contribution in [1.82, 2.24) is 0 Å². The smallest absolute Gasteiger partial charge is 0.307 e. The molecule has 0 aliphatic heterocycles. The van der Waals surface area contributed by atoms with Crippen molar-refractivity contribution >= 4 is 11.9 Å². The third-order valence-electron chi connectivity index (χ3n) is 6.06. The molecule has 4 nitrogen and oxygen atoms in total. The van der Waals surface area contributed by atoms with Crippen LogP contribution in [0.5, 0.6) is 0 Å². The molecule has 0 aromatic heterocycles. The van der Waals surface area contributed by atoms with Gasteiger partial charge in [-0.3, -0.25) is 9.59 Å². The molecule has 1 atom stereocenters. The molecule has 0 aliphatic carbocycles. The minimum absolute atomic E-state index is 0.00593. The lowest BCUT2D eigenvalue weighted by atomic mass is 9.97. The molecule has 4 heteroatoms. The summed E-state index contributed by atoms with van der Waals surface area (Å²) in [6, 6.07) is 0. The van der Waals surface area contributed by atoms with Crippen LogP contribution in [0, 0.1) is 5.92 Å². The number of allylic oxidation sites excluding steroid dienone is 2. The van der Waals surface area contributed by atoms with E-state index in [0.717, 1.165) is 25.7 Å². The Bertz CT molecular complexity index is 458. The van der Waals surface area contributed by atoms with Crippen molar-refractivity contribution in [2.75, 3.05) is 6.61 Å². The van der Waals surface area contributed by atoms with Gasteiger partial charge in [0.2, 0.25) is 0 Å². The third-order valence-corrected chi connectivity index (χ3v) is 6.06. The van der Waals surface area contributed by atoms with Crippen LogP contribution in [0.3, 0.4) is 0 Å². The minimum atomic E-state index is -0.877. The van der Waals surface area contributed by atoms with Crippen LogP contribution in [-0.2, 0) is 14.3 Å². The van der Waals surface area contributed by atoms with E-state index >= 15 is 0 Å². The molecule has 0 heterocycles. The van der Waals surface area contributed by atoms with Crippen molar-refractivity contribution in [2.45, 2.75) is 142 Å². The maximum Gasteiger partial charge on any atom is 0.307 e. The minimum Gasteiger partial charge on any atom is -0.481 e. The first-order valence-corrected chi connectivity index (χ1v) is 13.6. The molecule has 32 heavy (non-hydrogen) atoms. The Morgan fingerprint density at radius 2 is 1.19 bits per heavy atom. The first kappa shape index (κ1) is 30.7. The van der Waals surface area contributed by atoms with Gasteiger partial charge in [-0.25, -0.2) is 0 Å². The van der Waals surface area contributed by atoms with Crippen LogP contribution in [-0.4, -0.2) is 23.7 Å². The highest BCUT2D eigenvalue weighted by Gasteiger charge is 2.21. The van der Waals surface area contributed by atoms with E-state index in [1.807, 2.05) is 6.92 Å². The number of carbonyl (C=O) groups is 2. The average molecular weight is 453 g/mol. The number of hydrogen-bond donors (Lipinski definition) is 1. The summed E-state index contributed by atoms with van der Waals surface area (Å²) in [5.41, 5.74) is 0. The van der Waals surface area contributed by atoms with E-state index < -0.39 is 11.9 Å². The maximum atomic E-state index is 11.6. The Balaban J connectivity index is 3.38. The summed E-state index contributed by atoms with van der Waals surface area (Å²) < 4.78 is 5.01. The van der Waals surface area contributed by atoms with Gasteiger partial charge in [0.1, 0.15) is 0 Å². The summed E-state index contributed by atoms with van der Waals surface area (Å²) in [6.07, 6.45) is 27.8. The third kappa shape index (κ3) is 21.9. The maximum absolute atomic E-state index is 11.6. The van der Waals surface area contributed by atoms with Crippen LogP contribution in [0.15, 0.2) is 12.2 Å². The van der Waals surface area contributed by atoms with Gasteiger partial charge in [0.25, 0.3) is 0 Å². The number of rotatable bonds is 24. The largest absolute Gasteiger partial charge is 0.481 e. The van der Waals surface area contributed by atoms with Gasteiger partial charge in [0, 0.05) is 0 Å². The number of unbranched alkanes of at least 4 members (excludes halogenated alkanes) is 15. The zero-order valence-electron chi connectivity index (χ0n) is 21.3. The molecule has 0 aliphatic rings. The van der Waals surface area contributed by atoms with Crippen LogP contribution in [0.25, 0.3) is 0 Å².